The second-order valence-electron chi connectivity index (χ2n) is 3.04. The Labute approximate surface area is 97.3 Å². The van der Waals surface area contributed by atoms with Crippen LogP contribution < -0.4 is 5.32 Å². The molecule has 84 valence electrons. The lowest BCUT2D eigenvalue weighted by Crippen LogP contribution is -2.20. The first-order valence-electron chi connectivity index (χ1n) is 4.64. The summed E-state index contributed by atoms with van der Waals surface area (Å²) < 4.78 is 0. The summed E-state index contributed by atoms with van der Waals surface area (Å²) >= 11 is 1.15. The molecule has 0 bridgehead atoms. The highest BCUT2D eigenvalue weighted by atomic mass is 32.1. The number of thiophene rings is 1. The number of carbonyl (C=O) groups excluding carboxylic acids is 1. The molecule has 1 heterocycles. The molecule has 0 saturated carbocycles. The molecule has 1 aromatic heterocycles. The molecule has 4 nitrogen and oxygen atoms in total. The predicted octanol–water partition coefficient (Wildman–Crippen LogP) is 1.32. The molecule has 2 N–H and O–H groups in total. The highest BCUT2D eigenvalue weighted by Crippen LogP contribution is 2.13. The normalized spacial score (nSPS) is 9.06. The van der Waals surface area contributed by atoms with Gasteiger partial charge in [-0.25, -0.2) is 4.79 Å². The maximum absolute atomic E-state index is 10.6. The Morgan fingerprint density at radius 1 is 1.56 bits per heavy atom. The van der Waals surface area contributed by atoms with Crippen LogP contribution in [-0.4, -0.2) is 23.5 Å². The lowest BCUT2D eigenvalue weighted by atomic mass is 10.3. The van der Waals surface area contributed by atoms with E-state index in [9.17, 15) is 9.59 Å². The van der Waals surface area contributed by atoms with Crippen LogP contribution in [0.5, 0.6) is 0 Å². The summed E-state index contributed by atoms with van der Waals surface area (Å²) in [5.41, 5.74) is 0.699. The highest BCUT2D eigenvalue weighted by Gasteiger charge is 2.04. The topological polar surface area (TPSA) is 66.4 Å². The van der Waals surface area contributed by atoms with E-state index in [0.29, 0.717) is 18.5 Å². The first-order valence-corrected chi connectivity index (χ1v) is 5.52. The Morgan fingerprint density at radius 2 is 2.31 bits per heavy atom. The third-order valence-corrected chi connectivity index (χ3v) is 2.59. The minimum absolute atomic E-state index is 0.0782. The van der Waals surface area contributed by atoms with Crippen LogP contribution in [0.2, 0.25) is 0 Å². The predicted molar refractivity (Wildman–Crippen MR) is 61.5 cm³/mol. The molecule has 0 atom stereocenters. The number of carboxylic acids is 1. The second kappa shape index (κ2) is 5.93. The smallest absolute Gasteiger partial charge is 0.345 e. The third-order valence-electron chi connectivity index (χ3n) is 1.67. The molecule has 0 aliphatic rings. The standard InChI is InChI=1S/C11H11NO3S/c1-8(13)12-5-3-2-4-9-6-10(11(14)15)16-7-9/h6-7H,3,5H2,1H3,(H,12,13)(H,14,15). The molecule has 0 unspecified atom stereocenters. The Morgan fingerprint density at radius 3 is 2.88 bits per heavy atom. The maximum Gasteiger partial charge on any atom is 0.345 e. The number of amides is 1. The number of rotatable bonds is 3. The molecule has 0 aromatic carbocycles. The zero-order valence-corrected chi connectivity index (χ0v) is 9.56. The van der Waals surface area contributed by atoms with Crippen LogP contribution in [0.1, 0.15) is 28.6 Å². The summed E-state index contributed by atoms with van der Waals surface area (Å²) in [6.07, 6.45) is 0.553. The number of nitrogens with one attached hydrogen (secondary N) is 1. The molecular weight excluding hydrogens is 226 g/mol. The lowest BCUT2D eigenvalue weighted by molar-refractivity contribution is -0.118. The molecular formula is C11H11NO3S. The van der Waals surface area contributed by atoms with Gasteiger partial charge in [0.15, 0.2) is 0 Å². The quantitative estimate of drug-likeness (QED) is 0.615. The minimum Gasteiger partial charge on any atom is -0.477 e. The van der Waals surface area contributed by atoms with Crippen molar-refractivity contribution in [2.45, 2.75) is 13.3 Å². The van der Waals surface area contributed by atoms with Gasteiger partial charge in [0.2, 0.25) is 5.91 Å². The summed E-state index contributed by atoms with van der Waals surface area (Å²) in [4.78, 5) is 21.4. The van der Waals surface area contributed by atoms with Crippen molar-refractivity contribution in [1.82, 2.24) is 5.32 Å². The van der Waals surface area contributed by atoms with Gasteiger partial charge in [0.25, 0.3) is 0 Å². The summed E-state index contributed by atoms with van der Waals surface area (Å²) in [6, 6.07) is 1.54. The van der Waals surface area contributed by atoms with Gasteiger partial charge in [-0.1, -0.05) is 11.8 Å². The second-order valence-corrected chi connectivity index (χ2v) is 3.95. The Bertz CT molecular complexity index is 453. The van der Waals surface area contributed by atoms with E-state index in [0.717, 1.165) is 11.3 Å². The van der Waals surface area contributed by atoms with E-state index >= 15 is 0 Å². The van der Waals surface area contributed by atoms with Crippen LogP contribution >= 0.6 is 11.3 Å². The molecule has 0 saturated heterocycles. The van der Waals surface area contributed by atoms with Crippen molar-refractivity contribution in [3.05, 3.63) is 21.9 Å². The number of carboxylic acid groups (broad SMARTS) is 1. The van der Waals surface area contributed by atoms with Crippen LogP contribution in [0.4, 0.5) is 0 Å². The van der Waals surface area contributed by atoms with Gasteiger partial charge in [0.1, 0.15) is 4.88 Å². The fourth-order valence-corrected chi connectivity index (χ4v) is 1.66. The van der Waals surface area contributed by atoms with E-state index in [4.69, 9.17) is 5.11 Å². The molecule has 0 radical (unpaired) electrons. The van der Waals surface area contributed by atoms with Gasteiger partial charge < -0.3 is 10.4 Å². The van der Waals surface area contributed by atoms with Crippen LogP contribution in [0.3, 0.4) is 0 Å². The Balaban J connectivity index is 2.44. The van der Waals surface area contributed by atoms with Gasteiger partial charge >= 0.3 is 5.97 Å². The van der Waals surface area contributed by atoms with Crippen molar-refractivity contribution in [2.24, 2.45) is 0 Å². The van der Waals surface area contributed by atoms with Crippen LogP contribution in [0.25, 0.3) is 0 Å². The van der Waals surface area contributed by atoms with Gasteiger partial charge in [-0.3, -0.25) is 4.79 Å². The fourth-order valence-electron chi connectivity index (χ4n) is 0.980. The zero-order valence-electron chi connectivity index (χ0n) is 8.74. The van der Waals surface area contributed by atoms with Crippen molar-refractivity contribution < 1.29 is 14.7 Å². The molecule has 1 rings (SSSR count). The number of hydrogen-bond acceptors (Lipinski definition) is 3. The first kappa shape index (κ1) is 12.3. The van der Waals surface area contributed by atoms with Gasteiger partial charge in [0, 0.05) is 30.8 Å². The Kier molecular flexibility index (Phi) is 4.55. The van der Waals surface area contributed by atoms with Crippen molar-refractivity contribution in [2.75, 3.05) is 6.54 Å². The molecule has 16 heavy (non-hydrogen) atoms. The van der Waals surface area contributed by atoms with E-state index in [-0.39, 0.29) is 10.8 Å². The van der Waals surface area contributed by atoms with Gasteiger partial charge in [0.05, 0.1) is 0 Å². The average Bonchev–Trinajstić information content (AvgIpc) is 2.65. The van der Waals surface area contributed by atoms with Crippen LogP contribution in [0, 0.1) is 11.8 Å². The molecule has 0 aliphatic carbocycles. The zero-order chi connectivity index (χ0) is 12.0. The molecule has 1 aromatic rings. The first-order chi connectivity index (χ1) is 7.59. The fraction of sp³-hybridized carbons (Fsp3) is 0.273. The SMILES string of the molecule is CC(=O)NCCC#Cc1csc(C(=O)O)c1. The van der Waals surface area contributed by atoms with Crippen LogP contribution in [0.15, 0.2) is 11.4 Å². The van der Waals surface area contributed by atoms with Crippen molar-refractivity contribution in [3.63, 3.8) is 0 Å². The lowest BCUT2D eigenvalue weighted by Gasteiger charge is -1.94. The number of carbonyl (C=O) groups is 2. The summed E-state index contributed by atoms with van der Waals surface area (Å²) in [5.74, 6) is 4.69. The van der Waals surface area contributed by atoms with E-state index in [1.54, 1.807) is 11.4 Å². The third kappa shape index (κ3) is 4.15. The van der Waals surface area contributed by atoms with Crippen molar-refractivity contribution in [1.29, 1.82) is 0 Å². The maximum atomic E-state index is 10.6. The van der Waals surface area contributed by atoms with E-state index in [1.807, 2.05) is 0 Å². The molecule has 0 spiro atoms. The summed E-state index contributed by atoms with van der Waals surface area (Å²) in [5, 5.41) is 13.0. The largest absolute Gasteiger partial charge is 0.477 e. The number of aromatic carboxylic acids is 1. The van der Waals surface area contributed by atoms with Crippen LogP contribution in [-0.2, 0) is 4.79 Å². The van der Waals surface area contributed by atoms with E-state index in [1.165, 1.54) is 6.92 Å². The van der Waals surface area contributed by atoms with Crippen molar-refractivity contribution in [3.8, 4) is 11.8 Å². The summed E-state index contributed by atoms with van der Waals surface area (Å²) in [6.45, 7) is 1.96. The van der Waals surface area contributed by atoms with Gasteiger partial charge in [-0.15, -0.1) is 11.3 Å². The molecule has 5 heteroatoms. The molecule has 1 amide bonds. The number of hydrogen-bond donors (Lipinski definition) is 2. The minimum atomic E-state index is -0.934. The average molecular weight is 237 g/mol. The Hall–Kier alpha value is -1.80. The van der Waals surface area contributed by atoms with Crippen molar-refractivity contribution >= 4 is 23.2 Å². The van der Waals surface area contributed by atoms with Gasteiger partial charge in [-0.2, -0.15) is 0 Å². The van der Waals surface area contributed by atoms with E-state index in [2.05, 4.69) is 17.2 Å². The summed E-state index contributed by atoms with van der Waals surface area (Å²) in [7, 11) is 0. The monoisotopic (exact) mass is 237 g/mol. The molecule has 0 aliphatic heterocycles. The molecule has 0 fully saturated rings. The van der Waals surface area contributed by atoms with Gasteiger partial charge in [-0.05, 0) is 6.07 Å². The highest BCUT2D eigenvalue weighted by molar-refractivity contribution is 7.12. The van der Waals surface area contributed by atoms with E-state index < -0.39 is 5.97 Å².